The number of aliphatic hydroxyl groups excluding tert-OH is 1. The summed E-state index contributed by atoms with van der Waals surface area (Å²) in [6.07, 6.45) is -0.228. The number of amides is 3. The van der Waals surface area contributed by atoms with Gasteiger partial charge in [-0.05, 0) is 24.6 Å². The first-order valence-corrected chi connectivity index (χ1v) is 9.24. The minimum absolute atomic E-state index is 0.106. The number of rotatable bonds is 15. The van der Waals surface area contributed by atoms with Gasteiger partial charge in [0.15, 0.2) is 5.96 Å². The third-order valence-electron chi connectivity index (χ3n) is 3.64. The zero-order valence-electron chi connectivity index (χ0n) is 16.3. The summed E-state index contributed by atoms with van der Waals surface area (Å²) >= 11 is 5.51. The maximum Gasteiger partial charge on any atom is 0.328 e. The van der Waals surface area contributed by atoms with Crippen LogP contribution in [0.1, 0.15) is 19.3 Å². The third kappa shape index (κ3) is 12.2. The van der Waals surface area contributed by atoms with Crippen molar-refractivity contribution in [2.45, 2.75) is 37.4 Å². The summed E-state index contributed by atoms with van der Waals surface area (Å²) in [6, 6.07) is -4.21. The number of carboxylic acid groups (broad SMARTS) is 2. The molecule has 3 atom stereocenters. The molecule has 31 heavy (non-hydrogen) atoms. The Labute approximate surface area is 181 Å². The van der Waals surface area contributed by atoms with E-state index in [4.69, 9.17) is 38.6 Å². The lowest BCUT2D eigenvalue weighted by molar-refractivity contribution is -0.144. The standard InChI is InChI=1S/C15H26ClN7O8/c16-23-7(2-1-3-19-15(17)18)12(28)20-5-10(25)21-8(4-11(26)27)13(29)22-9(6-24)14(30)31/h7-9,23-24H,1-6H2,(H,20,28)(H,21,25)(H,22,29)(H,26,27)(H,30,31)(H4,17,18,19)/t7-,8-,9-/m0/s1. The lowest BCUT2D eigenvalue weighted by Gasteiger charge is -2.20. The molecule has 16 heteroatoms. The second kappa shape index (κ2) is 14.8. The Hall–Kier alpha value is -3.17. The summed E-state index contributed by atoms with van der Waals surface area (Å²) in [6.45, 7) is -1.31. The van der Waals surface area contributed by atoms with Crippen LogP contribution < -0.4 is 32.3 Å². The molecule has 0 aliphatic rings. The fourth-order valence-corrected chi connectivity index (χ4v) is 2.32. The predicted molar refractivity (Wildman–Crippen MR) is 107 cm³/mol. The summed E-state index contributed by atoms with van der Waals surface area (Å²) in [5.74, 6) is -5.82. The molecule has 15 nitrogen and oxygen atoms in total. The Morgan fingerprint density at radius 1 is 0.968 bits per heavy atom. The van der Waals surface area contributed by atoms with E-state index in [1.165, 1.54) is 0 Å². The Morgan fingerprint density at radius 2 is 1.61 bits per heavy atom. The van der Waals surface area contributed by atoms with Gasteiger partial charge in [0.05, 0.1) is 19.6 Å². The number of carbonyl (C=O) groups is 5. The van der Waals surface area contributed by atoms with Gasteiger partial charge < -0.3 is 42.7 Å². The van der Waals surface area contributed by atoms with Crippen molar-refractivity contribution in [3.8, 4) is 0 Å². The van der Waals surface area contributed by atoms with E-state index < -0.39 is 67.4 Å². The number of aliphatic hydroxyl groups is 1. The number of carboxylic acids is 2. The molecule has 0 aromatic heterocycles. The van der Waals surface area contributed by atoms with E-state index in [0.29, 0.717) is 6.42 Å². The van der Waals surface area contributed by atoms with Crippen molar-refractivity contribution in [2.75, 3.05) is 19.7 Å². The summed E-state index contributed by atoms with van der Waals surface area (Å²) < 4.78 is 0. The Balaban J connectivity index is 4.77. The fraction of sp³-hybridized carbons (Fsp3) is 0.600. The van der Waals surface area contributed by atoms with Crippen molar-refractivity contribution in [3.05, 3.63) is 0 Å². The second-order valence-corrected chi connectivity index (χ2v) is 6.35. The number of halogens is 1. The highest BCUT2D eigenvalue weighted by Crippen LogP contribution is 2.00. The van der Waals surface area contributed by atoms with Gasteiger partial charge >= 0.3 is 11.9 Å². The molecule has 176 valence electrons. The number of nitrogens with two attached hydrogens (primary N) is 2. The van der Waals surface area contributed by atoms with Gasteiger partial charge in [-0.25, -0.2) is 9.63 Å². The molecule has 0 spiro atoms. The zero-order valence-corrected chi connectivity index (χ0v) is 17.1. The van der Waals surface area contributed by atoms with Crippen LogP contribution in [-0.4, -0.2) is 88.8 Å². The SMILES string of the molecule is NC(N)=NCCC[C@H](NCl)C(=O)NCC(=O)N[C@@H](CC(=O)O)C(=O)N[C@@H](CO)C(=O)O. The summed E-state index contributed by atoms with van der Waals surface area (Å²) in [5, 5.41) is 32.9. The van der Waals surface area contributed by atoms with Crippen molar-refractivity contribution < 1.29 is 39.3 Å². The number of hydrogen-bond acceptors (Lipinski definition) is 8. The Bertz CT molecular complexity index is 686. The van der Waals surface area contributed by atoms with Crippen molar-refractivity contribution in [2.24, 2.45) is 16.5 Å². The minimum atomic E-state index is -1.69. The van der Waals surface area contributed by atoms with Gasteiger partial charge in [-0.15, -0.1) is 0 Å². The molecule has 0 saturated heterocycles. The van der Waals surface area contributed by atoms with E-state index in [-0.39, 0.29) is 18.9 Å². The first-order chi connectivity index (χ1) is 14.5. The molecule has 3 amide bonds. The Kier molecular flexibility index (Phi) is 13.2. The molecule has 0 saturated carbocycles. The topological polar surface area (TPSA) is 259 Å². The van der Waals surface area contributed by atoms with Crippen LogP contribution in [0.2, 0.25) is 0 Å². The van der Waals surface area contributed by atoms with Crippen LogP contribution in [0.15, 0.2) is 4.99 Å². The predicted octanol–water partition coefficient (Wildman–Crippen LogP) is -4.21. The average molecular weight is 468 g/mol. The van der Waals surface area contributed by atoms with Gasteiger partial charge in [-0.2, -0.15) is 0 Å². The molecule has 0 aromatic rings. The number of aliphatic carboxylic acids is 2. The highest BCUT2D eigenvalue weighted by Gasteiger charge is 2.28. The minimum Gasteiger partial charge on any atom is -0.481 e. The Morgan fingerprint density at radius 3 is 2.10 bits per heavy atom. The van der Waals surface area contributed by atoms with Crippen molar-refractivity contribution in [1.82, 2.24) is 20.8 Å². The number of carbonyl (C=O) groups excluding carboxylic acids is 3. The summed E-state index contributed by atoms with van der Waals surface area (Å²) in [4.78, 5) is 63.9. The number of aliphatic imine (C=N–C) groups is 1. The number of nitrogens with one attached hydrogen (secondary N) is 4. The van der Waals surface area contributed by atoms with E-state index >= 15 is 0 Å². The molecule has 0 aliphatic heterocycles. The molecule has 0 unspecified atom stereocenters. The van der Waals surface area contributed by atoms with Gasteiger partial charge in [0.1, 0.15) is 18.1 Å². The average Bonchev–Trinajstić information content (AvgIpc) is 2.68. The van der Waals surface area contributed by atoms with Crippen LogP contribution in [-0.2, 0) is 24.0 Å². The molecule has 0 aliphatic carbocycles. The lowest BCUT2D eigenvalue weighted by Crippen LogP contribution is -2.55. The summed E-state index contributed by atoms with van der Waals surface area (Å²) in [7, 11) is 0. The van der Waals surface area contributed by atoms with E-state index in [9.17, 15) is 24.0 Å². The smallest absolute Gasteiger partial charge is 0.328 e. The normalized spacial score (nSPS) is 13.2. The van der Waals surface area contributed by atoms with Gasteiger partial charge in [0.25, 0.3) is 0 Å². The molecular formula is C15H26ClN7O8. The first-order valence-electron chi connectivity index (χ1n) is 8.86. The quantitative estimate of drug-likeness (QED) is 0.0482. The van der Waals surface area contributed by atoms with Crippen LogP contribution in [0.3, 0.4) is 0 Å². The monoisotopic (exact) mass is 467 g/mol. The van der Waals surface area contributed by atoms with E-state index in [2.05, 4.69) is 20.5 Å². The number of nitrogens with zero attached hydrogens (tertiary/aromatic N) is 1. The maximum absolute atomic E-state index is 12.1. The molecule has 11 N–H and O–H groups in total. The lowest BCUT2D eigenvalue weighted by atomic mass is 10.1. The van der Waals surface area contributed by atoms with E-state index in [1.54, 1.807) is 0 Å². The fourth-order valence-electron chi connectivity index (χ4n) is 2.12. The van der Waals surface area contributed by atoms with Crippen molar-refractivity contribution >= 4 is 47.4 Å². The van der Waals surface area contributed by atoms with E-state index in [0.717, 1.165) is 0 Å². The summed E-state index contributed by atoms with van der Waals surface area (Å²) in [5.41, 5.74) is 10.4. The molecule has 0 heterocycles. The van der Waals surface area contributed by atoms with Crippen LogP contribution in [0.5, 0.6) is 0 Å². The van der Waals surface area contributed by atoms with Crippen molar-refractivity contribution in [3.63, 3.8) is 0 Å². The number of guanidine groups is 1. The van der Waals surface area contributed by atoms with Gasteiger partial charge in [0.2, 0.25) is 17.7 Å². The second-order valence-electron chi connectivity index (χ2n) is 6.13. The molecule has 0 aromatic carbocycles. The third-order valence-corrected chi connectivity index (χ3v) is 3.91. The van der Waals surface area contributed by atoms with Gasteiger partial charge in [-0.3, -0.25) is 24.2 Å². The van der Waals surface area contributed by atoms with Crippen LogP contribution in [0.4, 0.5) is 0 Å². The molecule has 0 radical (unpaired) electrons. The largest absolute Gasteiger partial charge is 0.481 e. The van der Waals surface area contributed by atoms with Crippen LogP contribution >= 0.6 is 11.8 Å². The molecule has 0 fully saturated rings. The van der Waals surface area contributed by atoms with Gasteiger partial charge in [-0.1, -0.05) is 0 Å². The van der Waals surface area contributed by atoms with Crippen LogP contribution in [0.25, 0.3) is 0 Å². The van der Waals surface area contributed by atoms with E-state index in [1.807, 2.05) is 5.32 Å². The zero-order chi connectivity index (χ0) is 24.0. The van der Waals surface area contributed by atoms with Crippen molar-refractivity contribution in [1.29, 1.82) is 0 Å². The van der Waals surface area contributed by atoms with Crippen LogP contribution in [0, 0.1) is 0 Å². The molecular weight excluding hydrogens is 442 g/mol. The number of hydrogen-bond donors (Lipinski definition) is 9. The highest BCUT2D eigenvalue weighted by atomic mass is 35.5. The maximum atomic E-state index is 12.1. The highest BCUT2D eigenvalue weighted by molar-refractivity contribution is 6.15. The van der Waals surface area contributed by atoms with Gasteiger partial charge in [0, 0.05) is 6.54 Å². The molecule has 0 rings (SSSR count). The first kappa shape index (κ1) is 27.8. The molecule has 0 bridgehead atoms.